The number of hydrogen-bond donors (Lipinski definition) is 2. The number of rotatable bonds is 20. The summed E-state index contributed by atoms with van der Waals surface area (Å²) in [6.07, 6.45) is 21.0. The molecule has 0 spiro atoms. The molecule has 0 fully saturated rings. The van der Waals surface area contributed by atoms with Gasteiger partial charge in [0.05, 0.1) is 12.0 Å². The van der Waals surface area contributed by atoms with Crippen molar-refractivity contribution in [1.82, 2.24) is 0 Å². The second-order valence-electron chi connectivity index (χ2n) is 8.24. The fraction of sp³-hybridized carbons (Fsp3) is 0.957. The van der Waals surface area contributed by atoms with Crippen molar-refractivity contribution in [2.24, 2.45) is 0 Å². The van der Waals surface area contributed by atoms with E-state index in [2.05, 4.69) is 13.8 Å². The van der Waals surface area contributed by atoms with Gasteiger partial charge in [0, 0.05) is 0 Å². The maximum Gasteiger partial charge on any atom is 0.306 e. The normalized spacial score (nSPS) is 13.7. The number of aliphatic hydroxyl groups is 1. The maximum absolute atomic E-state index is 11.1. The van der Waals surface area contributed by atoms with Gasteiger partial charge in [-0.2, -0.15) is 0 Å². The first-order chi connectivity index (χ1) is 12.5. The standard InChI is InChI=1S/C23H46O3/c1-3-5-7-9-10-11-12-13-14-15-16-18-20-23(26,21-22(24)25)19-17-8-6-4-2/h26H,3-21H2,1-2H3,(H,24,25). The van der Waals surface area contributed by atoms with E-state index in [1.165, 1.54) is 70.6 Å². The van der Waals surface area contributed by atoms with Gasteiger partial charge in [-0.15, -0.1) is 0 Å². The SMILES string of the molecule is CCCCCCCCCCCCCCC(O)(CCCCCC)CC(=O)O. The highest BCUT2D eigenvalue weighted by Gasteiger charge is 2.28. The Labute approximate surface area is 163 Å². The highest BCUT2D eigenvalue weighted by atomic mass is 16.4. The molecule has 0 heterocycles. The largest absolute Gasteiger partial charge is 0.481 e. The average Bonchev–Trinajstić information content (AvgIpc) is 2.59. The number of unbranched alkanes of at least 4 members (excludes halogenated alkanes) is 14. The summed E-state index contributed by atoms with van der Waals surface area (Å²) in [4.78, 5) is 11.1. The summed E-state index contributed by atoms with van der Waals surface area (Å²) in [7, 11) is 0. The molecule has 0 bridgehead atoms. The highest BCUT2D eigenvalue weighted by Crippen LogP contribution is 2.26. The topological polar surface area (TPSA) is 57.5 Å². The molecule has 0 amide bonds. The number of carboxylic acid groups (broad SMARTS) is 1. The van der Waals surface area contributed by atoms with E-state index in [1.807, 2.05) is 0 Å². The van der Waals surface area contributed by atoms with Crippen LogP contribution in [0.4, 0.5) is 0 Å². The molecule has 2 N–H and O–H groups in total. The number of aliphatic carboxylic acids is 1. The summed E-state index contributed by atoms with van der Waals surface area (Å²) >= 11 is 0. The van der Waals surface area contributed by atoms with Gasteiger partial charge in [-0.1, -0.05) is 117 Å². The van der Waals surface area contributed by atoms with E-state index in [1.54, 1.807) is 0 Å². The zero-order valence-electron chi connectivity index (χ0n) is 17.7. The molecular weight excluding hydrogens is 324 g/mol. The van der Waals surface area contributed by atoms with Gasteiger partial charge in [-0.25, -0.2) is 0 Å². The van der Waals surface area contributed by atoms with Crippen LogP contribution in [-0.2, 0) is 4.79 Å². The van der Waals surface area contributed by atoms with Crippen LogP contribution in [0.15, 0.2) is 0 Å². The van der Waals surface area contributed by atoms with Crippen LogP contribution < -0.4 is 0 Å². The van der Waals surface area contributed by atoms with Gasteiger partial charge in [-0.05, 0) is 12.8 Å². The van der Waals surface area contributed by atoms with E-state index in [9.17, 15) is 9.90 Å². The molecule has 0 aliphatic heterocycles. The molecule has 0 aliphatic carbocycles. The second-order valence-corrected chi connectivity index (χ2v) is 8.24. The van der Waals surface area contributed by atoms with Gasteiger partial charge in [0.2, 0.25) is 0 Å². The Morgan fingerprint density at radius 1 is 0.615 bits per heavy atom. The third kappa shape index (κ3) is 16.9. The van der Waals surface area contributed by atoms with Crippen LogP contribution in [-0.4, -0.2) is 21.8 Å². The van der Waals surface area contributed by atoms with Gasteiger partial charge in [0.25, 0.3) is 0 Å². The van der Waals surface area contributed by atoms with Gasteiger partial charge < -0.3 is 10.2 Å². The lowest BCUT2D eigenvalue weighted by molar-refractivity contribution is -0.143. The molecule has 26 heavy (non-hydrogen) atoms. The minimum atomic E-state index is -0.988. The maximum atomic E-state index is 11.1. The molecule has 0 saturated heterocycles. The first-order valence-electron chi connectivity index (χ1n) is 11.5. The van der Waals surface area contributed by atoms with Crippen LogP contribution in [0.25, 0.3) is 0 Å². The van der Waals surface area contributed by atoms with Crippen molar-refractivity contribution in [3.05, 3.63) is 0 Å². The molecule has 0 aliphatic rings. The van der Waals surface area contributed by atoms with Crippen molar-refractivity contribution in [3.8, 4) is 0 Å². The number of carbonyl (C=O) groups is 1. The summed E-state index contributed by atoms with van der Waals surface area (Å²) < 4.78 is 0. The highest BCUT2D eigenvalue weighted by molar-refractivity contribution is 5.68. The van der Waals surface area contributed by atoms with Crippen LogP contribution in [0.2, 0.25) is 0 Å². The quantitative estimate of drug-likeness (QED) is 0.222. The zero-order valence-corrected chi connectivity index (χ0v) is 17.7. The summed E-state index contributed by atoms with van der Waals surface area (Å²) in [5, 5.41) is 19.7. The second kappa shape index (κ2) is 17.8. The molecule has 0 aromatic rings. The lowest BCUT2D eigenvalue weighted by atomic mass is 9.87. The van der Waals surface area contributed by atoms with Crippen LogP contribution in [0.5, 0.6) is 0 Å². The lowest BCUT2D eigenvalue weighted by Gasteiger charge is -2.26. The third-order valence-corrected chi connectivity index (χ3v) is 5.47. The minimum absolute atomic E-state index is 0.100. The van der Waals surface area contributed by atoms with E-state index in [0.717, 1.165) is 32.1 Å². The Bertz CT molecular complexity index is 317. The molecule has 156 valence electrons. The predicted octanol–water partition coefficient (Wildman–Crippen LogP) is 7.25. The first kappa shape index (κ1) is 25.4. The molecule has 0 saturated carbocycles. The molecule has 0 radical (unpaired) electrons. The fourth-order valence-electron chi connectivity index (χ4n) is 3.76. The molecule has 3 heteroatoms. The van der Waals surface area contributed by atoms with E-state index in [-0.39, 0.29) is 6.42 Å². The van der Waals surface area contributed by atoms with E-state index < -0.39 is 11.6 Å². The predicted molar refractivity (Wildman–Crippen MR) is 112 cm³/mol. The van der Waals surface area contributed by atoms with Crippen molar-refractivity contribution >= 4 is 5.97 Å². The Kier molecular flexibility index (Phi) is 17.4. The molecule has 3 nitrogen and oxygen atoms in total. The number of hydrogen-bond acceptors (Lipinski definition) is 2. The molecule has 1 atom stereocenters. The summed E-state index contributed by atoms with van der Waals surface area (Å²) in [5.74, 6) is -0.873. The Morgan fingerprint density at radius 2 is 0.923 bits per heavy atom. The fourth-order valence-corrected chi connectivity index (χ4v) is 3.76. The molecular formula is C23H46O3. The van der Waals surface area contributed by atoms with E-state index >= 15 is 0 Å². The van der Waals surface area contributed by atoms with Crippen molar-refractivity contribution in [2.45, 2.75) is 141 Å². The lowest BCUT2D eigenvalue weighted by Crippen LogP contribution is -2.31. The average molecular weight is 371 g/mol. The molecule has 1 unspecified atom stereocenters. The van der Waals surface area contributed by atoms with E-state index in [0.29, 0.717) is 12.8 Å². The Hall–Kier alpha value is -0.570. The zero-order chi connectivity index (χ0) is 19.5. The minimum Gasteiger partial charge on any atom is -0.481 e. The third-order valence-electron chi connectivity index (χ3n) is 5.47. The number of carboxylic acids is 1. The Balaban J connectivity index is 3.67. The van der Waals surface area contributed by atoms with Crippen LogP contribution in [0.3, 0.4) is 0 Å². The Morgan fingerprint density at radius 3 is 1.27 bits per heavy atom. The molecule has 0 rings (SSSR count). The van der Waals surface area contributed by atoms with Crippen LogP contribution in [0.1, 0.15) is 136 Å². The summed E-state index contributed by atoms with van der Waals surface area (Å²) in [6.45, 7) is 4.42. The van der Waals surface area contributed by atoms with Gasteiger partial charge in [0.15, 0.2) is 0 Å². The van der Waals surface area contributed by atoms with E-state index in [4.69, 9.17) is 5.11 Å². The van der Waals surface area contributed by atoms with Crippen molar-refractivity contribution in [1.29, 1.82) is 0 Å². The molecule has 0 aromatic carbocycles. The molecule has 0 aromatic heterocycles. The van der Waals surface area contributed by atoms with Gasteiger partial charge in [0.1, 0.15) is 0 Å². The van der Waals surface area contributed by atoms with Crippen LogP contribution in [0, 0.1) is 0 Å². The monoisotopic (exact) mass is 370 g/mol. The summed E-state index contributed by atoms with van der Waals surface area (Å²) in [6, 6.07) is 0. The van der Waals surface area contributed by atoms with Gasteiger partial charge >= 0.3 is 5.97 Å². The summed E-state index contributed by atoms with van der Waals surface area (Å²) in [5.41, 5.74) is -0.988. The van der Waals surface area contributed by atoms with Crippen molar-refractivity contribution in [3.63, 3.8) is 0 Å². The first-order valence-corrected chi connectivity index (χ1v) is 11.5. The van der Waals surface area contributed by atoms with Crippen LogP contribution >= 0.6 is 0 Å². The van der Waals surface area contributed by atoms with Gasteiger partial charge in [-0.3, -0.25) is 4.79 Å². The smallest absolute Gasteiger partial charge is 0.306 e. The van der Waals surface area contributed by atoms with Crippen molar-refractivity contribution < 1.29 is 15.0 Å². The van der Waals surface area contributed by atoms with Crippen molar-refractivity contribution in [2.75, 3.05) is 0 Å².